The molecule has 0 aliphatic heterocycles. The van der Waals surface area contributed by atoms with Gasteiger partial charge in [0, 0.05) is 11.8 Å². The van der Waals surface area contributed by atoms with E-state index in [4.69, 9.17) is 11.6 Å². The van der Waals surface area contributed by atoms with Crippen LogP contribution in [0.2, 0.25) is 5.15 Å². The van der Waals surface area contributed by atoms with Crippen LogP contribution in [0.4, 0.5) is 5.95 Å². The molecule has 0 bridgehead atoms. The minimum absolute atomic E-state index is 0.204. The molecule has 0 aliphatic rings. The molecule has 5 heteroatoms. The monoisotopic (exact) mass is 261 g/mol. The van der Waals surface area contributed by atoms with Crippen LogP contribution in [0, 0.1) is 13.8 Å². The first-order valence-electron chi connectivity index (χ1n) is 5.44. The quantitative estimate of drug-likeness (QED) is 0.846. The number of benzene rings is 1. The molecule has 1 heterocycles. The van der Waals surface area contributed by atoms with E-state index in [0.717, 1.165) is 11.1 Å². The molecule has 18 heavy (non-hydrogen) atoms. The molecule has 0 saturated carbocycles. The fraction of sp³-hybridized carbons (Fsp3) is 0.154. The third-order valence-electron chi connectivity index (χ3n) is 2.56. The van der Waals surface area contributed by atoms with Crippen LogP contribution in [0.15, 0.2) is 30.5 Å². The Kier molecular flexibility index (Phi) is 3.58. The zero-order valence-electron chi connectivity index (χ0n) is 10.1. The fourth-order valence-electron chi connectivity index (χ4n) is 1.73. The van der Waals surface area contributed by atoms with Crippen LogP contribution in [0.3, 0.4) is 0 Å². The third kappa shape index (κ3) is 2.65. The van der Waals surface area contributed by atoms with Crippen molar-refractivity contribution in [1.82, 2.24) is 9.97 Å². The van der Waals surface area contributed by atoms with Crippen molar-refractivity contribution < 1.29 is 4.79 Å². The number of hydrogen-bond acceptors (Lipinski definition) is 3. The van der Waals surface area contributed by atoms with Crippen molar-refractivity contribution in [2.24, 2.45) is 0 Å². The van der Waals surface area contributed by atoms with Gasteiger partial charge >= 0.3 is 0 Å². The minimum atomic E-state index is -0.229. The lowest BCUT2D eigenvalue weighted by molar-refractivity contribution is 0.102. The summed E-state index contributed by atoms with van der Waals surface area (Å²) in [6.07, 6.45) is 1.50. The van der Waals surface area contributed by atoms with Gasteiger partial charge in [-0.05, 0) is 31.0 Å². The lowest BCUT2D eigenvalue weighted by atomic mass is 10.0. The van der Waals surface area contributed by atoms with Gasteiger partial charge in [-0.2, -0.15) is 0 Å². The highest BCUT2D eigenvalue weighted by atomic mass is 35.5. The van der Waals surface area contributed by atoms with Gasteiger partial charge in [-0.15, -0.1) is 0 Å². The SMILES string of the molecule is Cc1cccc(C)c1C(=O)Nc1nccc(Cl)n1. The molecule has 1 N–H and O–H groups in total. The first-order valence-corrected chi connectivity index (χ1v) is 5.82. The Balaban J connectivity index is 2.28. The summed E-state index contributed by atoms with van der Waals surface area (Å²) in [6, 6.07) is 7.25. The topological polar surface area (TPSA) is 54.9 Å². The second kappa shape index (κ2) is 5.14. The number of nitrogens with one attached hydrogen (secondary N) is 1. The van der Waals surface area contributed by atoms with Crippen molar-refractivity contribution in [2.75, 3.05) is 5.32 Å². The Morgan fingerprint density at radius 2 is 1.89 bits per heavy atom. The average molecular weight is 262 g/mol. The summed E-state index contributed by atoms with van der Waals surface area (Å²) in [7, 11) is 0. The number of amides is 1. The van der Waals surface area contributed by atoms with E-state index in [1.165, 1.54) is 6.20 Å². The summed E-state index contributed by atoms with van der Waals surface area (Å²) in [5, 5.41) is 2.93. The molecule has 0 radical (unpaired) electrons. The molecule has 0 atom stereocenters. The fourth-order valence-corrected chi connectivity index (χ4v) is 1.87. The molecule has 92 valence electrons. The van der Waals surface area contributed by atoms with Crippen LogP contribution in [0.1, 0.15) is 21.5 Å². The number of aromatic nitrogens is 2. The van der Waals surface area contributed by atoms with Crippen molar-refractivity contribution >= 4 is 23.5 Å². The van der Waals surface area contributed by atoms with E-state index in [9.17, 15) is 4.79 Å². The molecule has 2 rings (SSSR count). The second-order valence-corrected chi connectivity index (χ2v) is 4.31. The number of halogens is 1. The Morgan fingerprint density at radius 3 is 2.50 bits per heavy atom. The summed E-state index contributed by atoms with van der Waals surface area (Å²) < 4.78 is 0. The summed E-state index contributed by atoms with van der Waals surface area (Å²) in [6.45, 7) is 3.78. The van der Waals surface area contributed by atoms with Crippen LogP contribution in [0.25, 0.3) is 0 Å². The van der Waals surface area contributed by atoms with Crippen LogP contribution in [-0.4, -0.2) is 15.9 Å². The highest BCUT2D eigenvalue weighted by Crippen LogP contribution is 2.15. The Hall–Kier alpha value is -1.94. The van der Waals surface area contributed by atoms with Crippen molar-refractivity contribution in [3.05, 3.63) is 52.3 Å². The zero-order valence-corrected chi connectivity index (χ0v) is 10.8. The summed E-state index contributed by atoms with van der Waals surface area (Å²) >= 11 is 5.73. The van der Waals surface area contributed by atoms with E-state index < -0.39 is 0 Å². The number of rotatable bonds is 2. The Morgan fingerprint density at radius 1 is 1.22 bits per heavy atom. The Bertz CT molecular complexity index is 578. The molecule has 0 spiro atoms. The van der Waals surface area contributed by atoms with Crippen molar-refractivity contribution in [2.45, 2.75) is 13.8 Å². The molecule has 4 nitrogen and oxygen atoms in total. The molecular weight excluding hydrogens is 250 g/mol. The maximum Gasteiger partial charge on any atom is 0.258 e. The molecule has 1 amide bonds. The number of aryl methyl sites for hydroxylation is 2. The first-order chi connectivity index (χ1) is 8.58. The number of carbonyl (C=O) groups excluding carboxylic acids is 1. The maximum absolute atomic E-state index is 12.1. The molecule has 1 aromatic carbocycles. The Labute approximate surface area is 110 Å². The molecule has 1 aromatic heterocycles. The normalized spacial score (nSPS) is 10.2. The van der Waals surface area contributed by atoms with Gasteiger partial charge < -0.3 is 0 Å². The van der Waals surface area contributed by atoms with Gasteiger partial charge in [0.2, 0.25) is 5.95 Å². The van der Waals surface area contributed by atoms with Gasteiger partial charge in [0.25, 0.3) is 5.91 Å². The minimum Gasteiger partial charge on any atom is -0.290 e. The highest BCUT2D eigenvalue weighted by Gasteiger charge is 2.13. The molecule has 0 aliphatic carbocycles. The van der Waals surface area contributed by atoms with Gasteiger partial charge in [-0.25, -0.2) is 9.97 Å². The van der Waals surface area contributed by atoms with Crippen LogP contribution in [-0.2, 0) is 0 Å². The van der Waals surface area contributed by atoms with Crippen LogP contribution >= 0.6 is 11.6 Å². The van der Waals surface area contributed by atoms with Crippen molar-refractivity contribution in [3.63, 3.8) is 0 Å². The standard InChI is InChI=1S/C13H12ClN3O/c1-8-4-3-5-9(2)11(8)12(18)17-13-15-7-6-10(14)16-13/h3-7H,1-2H3,(H,15,16,17,18). The molecule has 2 aromatic rings. The number of anilines is 1. The predicted molar refractivity (Wildman–Crippen MR) is 70.9 cm³/mol. The van der Waals surface area contributed by atoms with E-state index in [1.54, 1.807) is 6.07 Å². The maximum atomic E-state index is 12.1. The van der Waals surface area contributed by atoms with Gasteiger partial charge in [0.15, 0.2) is 0 Å². The lowest BCUT2D eigenvalue weighted by Gasteiger charge is -2.09. The lowest BCUT2D eigenvalue weighted by Crippen LogP contribution is -2.16. The molecule has 0 unspecified atom stereocenters. The molecule has 0 fully saturated rings. The molecular formula is C13H12ClN3O. The van der Waals surface area contributed by atoms with Crippen molar-refractivity contribution in [3.8, 4) is 0 Å². The van der Waals surface area contributed by atoms with Gasteiger partial charge in [0.05, 0.1) is 0 Å². The van der Waals surface area contributed by atoms with Crippen LogP contribution < -0.4 is 5.32 Å². The predicted octanol–water partition coefficient (Wildman–Crippen LogP) is 3.00. The number of nitrogens with zero attached hydrogens (tertiary/aromatic N) is 2. The zero-order chi connectivity index (χ0) is 13.1. The van der Waals surface area contributed by atoms with E-state index >= 15 is 0 Å². The van der Waals surface area contributed by atoms with E-state index in [0.29, 0.717) is 10.7 Å². The van der Waals surface area contributed by atoms with Gasteiger partial charge in [0.1, 0.15) is 5.15 Å². The summed E-state index contributed by atoms with van der Waals surface area (Å²) in [5.74, 6) is -0.0250. The van der Waals surface area contributed by atoms with Gasteiger partial charge in [-0.1, -0.05) is 29.8 Å². The van der Waals surface area contributed by atoms with Gasteiger partial charge in [-0.3, -0.25) is 10.1 Å². The van der Waals surface area contributed by atoms with E-state index in [1.807, 2.05) is 32.0 Å². The number of hydrogen-bond donors (Lipinski definition) is 1. The number of carbonyl (C=O) groups is 1. The highest BCUT2D eigenvalue weighted by molar-refractivity contribution is 6.29. The third-order valence-corrected chi connectivity index (χ3v) is 2.77. The van der Waals surface area contributed by atoms with Crippen molar-refractivity contribution in [1.29, 1.82) is 0 Å². The largest absolute Gasteiger partial charge is 0.290 e. The van der Waals surface area contributed by atoms with E-state index in [-0.39, 0.29) is 11.9 Å². The smallest absolute Gasteiger partial charge is 0.258 e. The average Bonchev–Trinajstić information content (AvgIpc) is 2.28. The first kappa shape index (κ1) is 12.5. The molecule has 0 saturated heterocycles. The summed E-state index contributed by atoms with van der Waals surface area (Å²) in [5.41, 5.74) is 2.46. The van der Waals surface area contributed by atoms with Crippen LogP contribution in [0.5, 0.6) is 0 Å². The summed E-state index contributed by atoms with van der Waals surface area (Å²) in [4.78, 5) is 20.0. The van der Waals surface area contributed by atoms with E-state index in [2.05, 4.69) is 15.3 Å². The second-order valence-electron chi connectivity index (χ2n) is 3.92.